The van der Waals surface area contributed by atoms with Crippen LogP contribution >= 0.6 is 0 Å². The van der Waals surface area contributed by atoms with Crippen LogP contribution in [-0.2, 0) is 5.41 Å². The highest BCUT2D eigenvalue weighted by molar-refractivity contribution is 6.16. The summed E-state index contributed by atoms with van der Waals surface area (Å²) in [5.41, 5.74) is 20.9. The molecular formula is C62H40O. The highest BCUT2D eigenvalue weighted by atomic mass is 16.1. The van der Waals surface area contributed by atoms with Gasteiger partial charge in [0.25, 0.3) is 0 Å². The van der Waals surface area contributed by atoms with Crippen LogP contribution in [0.3, 0.4) is 0 Å². The van der Waals surface area contributed by atoms with Crippen LogP contribution in [0.25, 0.3) is 77.9 Å². The van der Waals surface area contributed by atoms with Crippen LogP contribution in [-0.4, -0.2) is 5.78 Å². The molecule has 2 aliphatic carbocycles. The van der Waals surface area contributed by atoms with E-state index in [-0.39, 0.29) is 5.78 Å². The molecule has 0 amide bonds. The van der Waals surface area contributed by atoms with Crippen LogP contribution in [0.15, 0.2) is 243 Å². The fourth-order valence-electron chi connectivity index (χ4n) is 10.4. The Hall–Kier alpha value is -8.13. The smallest absolute Gasteiger partial charge is 0.193 e. The van der Waals surface area contributed by atoms with Crippen molar-refractivity contribution in [2.75, 3.05) is 0 Å². The van der Waals surface area contributed by atoms with E-state index in [1.165, 1.54) is 22.3 Å². The number of rotatable bonds is 6. The predicted molar refractivity (Wildman–Crippen MR) is 260 cm³/mol. The first kappa shape index (κ1) is 36.7. The molecule has 0 fully saturated rings. The minimum absolute atomic E-state index is 0.0428. The molecule has 0 N–H and O–H groups in total. The van der Waals surface area contributed by atoms with Gasteiger partial charge in [0.1, 0.15) is 0 Å². The van der Waals surface area contributed by atoms with Crippen molar-refractivity contribution < 1.29 is 4.79 Å². The lowest BCUT2D eigenvalue weighted by Crippen LogP contribution is -2.36. The fourth-order valence-corrected chi connectivity index (χ4v) is 10.4. The minimum atomic E-state index is -0.689. The van der Waals surface area contributed by atoms with Crippen LogP contribution < -0.4 is 0 Å². The number of benzene rings is 10. The molecule has 10 aromatic rings. The first-order valence-electron chi connectivity index (χ1n) is 21.7. The Morgan fingerprint density at radius 3 is 0.810 bits per heavy atom. The van der Waals surface area contributed by atoms with E-state index >= 15 is 4.79 Å². The zero-order valence-corrected chi connectivity index (χ0v) is 34.5. The maximum Gasteiger partial charge on any atom is 0.193 e. The molecule has 0 saturated heterocycles. The molecule has 2 aliphatic rings. The Kier molecular flexibility index (Phi) is 8.62. The van der Waals surface area contributed by atoms with E-state index in [1.807, 2.05) is 0 Å². The maximum atomic E-state index is 15.6. The van der Waals surface area contributed by atoms with Gasteiger partial charge in [-0.1, -0.05) is 194 Å². The second-order valence-corrected chi connectivity index (χ2v) is 16.8. The van der Waals surface area contributed by atoms with Crippen molar-refractivity contribution in [3.05, 3.63) is 276 Å². The lowest BCUT2D eigenvalue weighted by Gasteiger charge is -2.40. The SMILES string of the molecule is O=C1c2cc(-c3cc(-c4ccccc4)cc(-c4ccccc4)c3)ccc2C2(c3ccc(-c4cc(-c5ccccc5)cc(-c5ccccc5)c4)cc31)c1ccccc1-c1ccccc12. The molecule has 0 saturated carbocycles. The average Bonchev–Trinajstić information content (AvgIpc) is 3.66. The lowest BCUT2D eigenvalue weighted by atomic mass is 9.61. The molecule has 0 atom stereocenters. The first-order chi connectivity index (χ1) is 31.1. The summed E-state index contributed by atoms with van der Waals surface area (Å²) in [4.78, 5) is 15.6. The van der Waals surface area contributed by atoms with Gasteiger partial charge in [-0.2, -0.15) is 0 Å². The second-order valence-electron chi connectivity index (χ2n) is 16.8. The minimum Gasteiger partial charge on any atom is -0.289 e. The topological polar surface area (TPSA) is 17.1 Å². The van der Waals surface area contributed by atoms with Gasteiger partial charge in [0.05, 0.1) is 5.41 Å². The second kappa shape index (κ2) is 14.8. The summed E-state index contributed by atoms with van der Waals surface area (Å²) < 4.78 is 0. The van der Waals surface area contributed by atoms with Crippen molar-refractivity contribution in [2.45, 2.75) is 5.41 Å². The Balaban J connectivity index is 1.09. The highest BCUT2D eigenvalue weighted by Gasteiger charge is 2.51. The zero-order valence-electron chi connectivity index (χ0n) is 34.5. The molecule has 0 heterocycles. The van der Waals surface area contributed by atoms with Gasteiger partial charge >= 0.3 is 0 Å². The Bertz CT molecular complexity index is 3040. The zero-order chi connectivity index (χ0) is 41.9. The molecule has 1 spiro atoms. The summed E-state index contributed by atoms with van der Waals surface area (Å²) in [6.45, 7) is 0. The molecule has 0 aromatic heterocycles. The summed E-state index contributed by atoms with van der Waals surface area (Å²) >= 11 is 0. The van der Waals surface area contributed by atoms with Gasteiger partial charge in [-0.25, -0.2) is 0 Å². The van der Waals surface area contributed by atoms with Gasteiger partial charge in [-0.15, -0.1) is 0 Å². The average molecular weight is 801 g/mol. The van der Waals surface area contributed by atoms with Crippen molar-refractivity contribution in [3.8, 4) is 77.9 Å². The van der Waals surface area contributed by atoms with Gasteiger partial charge < -0.3 is 0 Å². The van der Waals surface area contributed by atoms with Gasteiger partial charge in [-0.05, 0) is 149 Å². The van der Waals surface area contributed by atoms with Crippen LogP contribution in [0.4, 0.5) is 0 Å². The number of ketones is 1. The highest BCUT2D eigenvalue weighted by Crippen LogP contribution is 2.59. The van der Waals surface area contributed by atoms with Crippen LogP contribution in [0.5, 0.6) is 0 Å². The van der Waals surface area contributed by atoms with Crippen molar-refractivity contribution in [1.29, 1.82) is 0 Å². The monoisotopic (exact) mass is 800 g/mol. The summed E-state index contributed by atoms with van der Waals surface area (Å²) in [5.74, 6) is 0.0428. The van der Waals surface area contributed by atoms with Crippen molar-refractivity contribution >= 4 is 5.78 Å². The van der Waals surface area contributed by atoms with E-state index in [0.717, 1.165) is 89.0 Å². The summed E-state index contributed by atoms with van der Waals surface area (Å²) in [6.07, 6.45) is 0. The lowest BCUT2D eigenvalue weighted by molar-refractivity contribution is 0.103. The number of hydrogen-bond acceptors (Lipinski definition) is 1. The summed E-state index contributed by atoms with van der Waals surface area (Å²) in [7, 11) is 0. The van der Waals surface area contributed by atoms with Gasteiger partial charge in [0.2, 0.25) is 0 Å². The number of fused-ring (bicyclic) bond motifs is 9. The van der Waals surface area contributed by atoms with Crippen molar-refractivity contribution in [2.24, 2.45) is 0 Å². The van der Waals surface area contributed by atoms with Gasteiger partial charge in [-0.3, -0.25) is 4.79 Å². The third kappa shape index (κ3) is 5.97. The Morgan fingerprint density at radius 2 is 0.476 bits per heavy atom. The van der Waals surface area contributed by atoms with Crippen molar-refractivity contribution in [1.82, 2.24) is 0 Å². The quantitative estimate of drug-likeness (QED) is 0.164. The molecule has 0 bridgehead atoms. The summed E-state index contributed by atoms with van der Waals surface area (Å²) in [5, 5.41) is 0. The molecule has 1 heteroatoms. The van der Waals surface area contributed by atoms with Crippen LogP contribution in [0, 0.1) is 0 Å². The third-order valence-electron chi connectivity index (χ3n) is 13.2. The van der Waals surface area contributed by atoms with Crippen LogP contribution in [0.2, 0.25) is 0 Å². The largest absolute Gasteiger partial charge is 0.289 e. The van der Waals surface area contributed by atoms with E-state index in [1.54, 1.807) is 0 Å². The normalized spacial score (nSPS) is 12.9. The molecular weight excluding hydrogens is 761 g/mol. The number of carbonyl (C=O) groups is 1. The first-order valence-corrected chi connectivity index (χ1v) is 21.7. The molecule has 0 aliphatic heterocycles. The molecule has 294 valence electrons. The Labute approximate surface area is 368 Å². The van der Waals surface area contributed by atoms with Gasteiger partial charge in [0, 0.05) is 11.1 Å². The molecule has 10 aromatic carbocycles. The molecule has 0 unspecified atom stereocenters. The van der Waals surface area contributed by atoms with Gasteiger partial charge in [0.15, 0.2) is 5.78 Å². The number of carbonyl (C=O) groups excluding carboxylic acids is 1. The summed E-state index contributed by atoms with van der Waals surface area (Å²) in [6, 6.07) is 86.7. The standard InChI is InChI=1S/C62H40O/c63-61-55-39-45(51-35-47(41-17-5-1-6-18-41)33-48(36-51)42-19-7-2-8-20-42)29-31-59(55)62(57-27-15-13-25-53(57)54-26-14-16-28-58(54)62)60-32-30-46(40-56(60)61)52-37-49(43-21-9-3-10-22-43)34-50(38-52)44-23-11-4-12-24-44/h1-40H. The van der Waals surface area contributed by atoms with E-state index in [0.29, 0.717) is 0 Å². The molecule has 0 radical (unpaired) electrons. The molecule has 63 heavy (non-hydrogen) atoms. The Morgan fingerprint density at radius 1 is 0.206 bits per heavy atom. The van der Waals surface area contributed by atoms with E-state index in [2.05, 4.69) is 243 Å². The van der Waals surface area contributed by atoms with Crippen molar-refractivity contribution in [3.63, 3.8) is 0 Å². The van der Waals surface area contributed by atoms with E-state index in [9.17, 15) is 0 Å². The molecule has 12 rings (SSSR count). The molecule has 1 nitrogen and oxygen atoms in total. The van der Waals surface area contributed by atoms with Crippen LogP contribution in [0.1, 0.15) is 38.2 Å². The van der Waals surface area contributed by atoms with E-state index < -0.39 is 5.41 Å². The number of hydrogen-bond donors (Lipinski definition) is 0. The fraction of sp³-hybridized carbons (Fsp3) is 0.0161. The maximum absolute atomic E-state index is 15.6. The van der Waals surface area contributed by atoms with E-state index in [4.69, 9.17) is 0 Å². The predicted octanol–water partition coefficient (Wildman–Crippen LogP) is 15.6. The third-order valence-corrected chi connectivity index (χ3v) is 13.2.